The Morgan fingerprint density at radius 2 is 1.52 bits per heavy atom. The molecule has 2 amide bonds. The first kappa shape index (κ1) is 20.8. The van der Waals surface area contributed by atoms with E-state index >= 15 is 0 Å². The van der Waals surface area contributed by atoms with Crippen molar-refractivity contribution < 1.29 is 14.0 Å². The van der Waals surface area contributed by atoms with Gasteiger partial charge in [0, 0.05) is 37.4 Å². The third kappa shape index (κ3) is 4.35. The van der Waals surface area contributed by atoms with Crippen LogP contribution in [0.4, 0.5) is 4.39 Å². The number of nitrogens with zero attached hydrogens (tertiary/aromatic N) is 4. The van der Waals surface area contributed by atoms with Crippen LogP contribution < -0.4 is 0 Å². The van der Waals surface area contributed by atoms with Gasteiger partial charge in [0.2, 0.25) is 0 Å². The number of aryl methyl sites for hydroxylation is 2. The van der Waals surface area contributed by atoms with Crippen LogP contribution in [-0.2, 0) is 0 Å². The van der Waals surface area contributed by atoms with Crippen LogP contribution in [0, 0.1) is 19.7 Å². The predicted molar refractivity (Wildman–Crippen MR) is 116 cm³/mol. The molecule has 4 rings (SSSR count). The second kappa shape index (κ2) is 8.71. The molecule has 160 valence electrons. The van der Waals surface area contributed by atoms with Gasteiger partial charge in [-0.25, -0.2) is 9.07 Å². The van der Waals surface area contributed by atoms with Crippen LogP contribution >= 0.6 is 0 Å². The number of aromatic nitrogens is 2. The van der Waals surface area contributed by atoms with E-state index in [1.54, 1.807) is 34.1 Å². The Hall–Kier alpha value is -3.48. The summed E-state index contributed by atoms with van der Waals surface area (Å²) in [5.74, 6) is -0.922. The predicted octanol–water partition coefficient (Wildman–Crippen LogP) is 3.62. The minimum atomic E-state index is -0.521. The Kier molecular flexibility index (Phi) is 5.84. The van der Waals surface area contributed by atoms with E-state index in [0.717, 1.165) is 17.1 Å². The molecule has 31 heavy (non-hydrogen) atoms. The summed E-state index contributed by atoms with van der Waals surface area (Å²) in [6.07, 6.45) is 0.649. The Morgan fingerprint density at radius 3 is 2.13 bits per heavy atom. The molecule has 0 unspecified atom stereocenters. The normalized spacial score (nSPS) is 14.4. The molecule has 0 saturated carbocycles. The van der Waals surface area contributed by atoms with Gasteiger partial charge in [-0.1, -0.05) is 12.1 Å². The summed E-state index contributed by atoms with van der Waals surface area (Å²) in [6, 6.07) is 15.4. The van der Waals surface area contributed by atoms with Crippen molar-refractivity contribution in [2.75, 3.05) is 26.2 Å². The number of hydrogen-bond acceptors (Lipinski definition) is 3. The Bertz CT molecular complexity index is 1110. The van der Waals surface area contributed by atoms with Crippen molar-refractivity contribution in [3.05, 3.63) is 82.9 Å². The zero-order valence-corrected chi connectivity index (χ0v) is 17.7. The van der Waals surface area contributed by atoms with Crippen LogP contribution in [-0.4, -0.2) is 57.6 Å². The molecule has 1 aliphatic heterocycles. The molecule has 1 aliphatic rings. The van der Waals surface area contributed by atoms with Gasteiger partial charge in [0.15, 0.2) is 0 Å². The van der Waals surface area contributed by atoms with E-state index in [-0.39, 0.29) is 17.4 Å². The summed E-state index contributed by atoms with van der Waals surface area (Å²) in [7, 11) is 0. The molecule has 0 bridgehead atoms. The van der Waals surface area contributed by atoms with E-state index in [1.807, 2.05) is 36.7 Å². The third-order valence-corrected chi connectivity index (χ3v) is 5.54. The molecule has 2 heterocycles. The summed E-state index contributed by atoms with van der Waals surface area (Å²) < 4.78 is 15.8. The van der Waals surface area contributed by atoms with Gasteiger partial charge in [-0.15, -0.1) is 0 Å². The fraction of sp³-hybridized carbons (Fsp3) is 0.292. The van der Waals surface area contributed by atoms with Crippen molar-refractivity contribution in [2.24, 2.45) is 0 Å². The van der Waals surface area contributed by atoms with Crippen molar-refractivity contribution >= 4 is 11.8 Å². The Balaban J connectivity index is 1.43. The number of carbonyl (C=O) groups is 2. The van der Waals surface area contributed by atoms with Gasteiger partial charge >= 0.3 is 0 Å². The Morgan fingerprint density at radius 1 is 0.871 bits per heavy atom. The maximum atomic E-state index is 14.0. The lowest BCUT2D eigenvalue weighted by atomic mass is 10.1. The minimum Gasteiger partial charge on any atom is -0.337 e. The van der Waals surface area contributed by atoms with Crippen molar-refractivity contribution in [1.29, 1.82) is 0 Å². The minimum absolute atomic E-state index is 0.0693. The molecule has 0 aliphatic carbocycles. The maximum absolute atomic E-state index is 14.0. The number of benzene rings is 2. The average molecular weight is 420 g/mol. The van der Waals surface area contributed by atoms with E-state index in [2.05, 4.69) is 5.10 Å². The summed E-state index contributed by atoms with van der Waals surface area (Å²) in [4.78, 5) is 29.1. The highest BCUT2D eigenvalue weighted by atomic mass is 19.1. The standard InChI is InChI=1S/C24H25FN4O2/c1-17-16-18(2)29(26-17)20-10-8-19(9-11-20)23(30)27-12-5-13-28(15-14-27)24(31)21-6-3-4-7-22(21)25/h3-4,6-11,16H,5,12-15H2,1-2H3. The molecule has 6 nitrogen and oxygen atoms in total. The summed E-state index contributed by atoms with van der Waals surface area (Å²) in [6.45, 7) is 5.78. The molecule has 3 aromatic rings. The van der Waals surface area contributed by atoms with E-state index in [0.29, 0.717) is 38.2 Å². The lowest BCUT2D eigenvalue weighted by molar-refractivity contribution is 0.0716. The quantitative estimate of drug-likeness (QED) is 0.650. The highest BCUT2D eigenvalue weighted by Gasteiger charge is 2.25. The van der Waals surface area contributed by atoms with Crippen LogP contribution in [0.15, 0.2) is 54.6 Å². The number of amides is 2. The summed E-state index contributed by atoms with van der Waals surface area (Å²) in [5, 5.41) is 4.47. The monoisotopic (exact) mass is 420 g/mol. The second-order valence-corrected chi connectivity index (χ2v) is 7.80. The van der Waals surface area contributed by atoms with Gasteiger partial charge in [-0.3, -0.25) is 9.59 Å². The van der Waals surface area contributed by atoms with Crippen LogP contribution in [0.25, 0.3) is 5.69 Å². The maximum Gasteiger partial charge on any atom is 0.256 e. The second-order valence-electron chi connectivity index (χ2n) is 7.80. The lowest BCUT2D eigenvalue weighted by Crippen LogP contribution is -2.37. The fourth-order valence-electron chi connectivity index (χ4n) is 3.95. The highest BCUT2D eigenvalue weighted by Crippen LogP contribution is 2.17. The number of carbonyl (C=O) groups excluding carboxylic acids is 2. The van der Waals surface area contributed by atoms with Gasteiger partial charge in [0.25, 0.3) is 11.8 Å². The molecule has 0 spiro atoms. The van der Waals surface area contributed by atoms with Crippen molar-refractivity contribution in [3.8, 4) is 5.69 Å². The van der Waals surface area contributed by atoms with Crippen molar-refractivity contribution in [3.63, 3.8) is 0 Å². The smallest absolute Gasteiger partial charge is 0.256 e. The molecule has 0 atom stereocenters. The molecule has 0 N–H and O–H groups in total. The molecule has 0 radical (unpaired) electrons. The van der Waals surface area contributed by atoms with Gasteiger partial charge in [-0.2, -0.15) is 5.10 Å². The topological polar surface area (TPSA) is 58.4 Å². The SMILES string of the molecule is Cc1cc(C)n(-c2ccc(C(=O)N3CCCN(C(=O)c4ccccc4F)CC3)cc2)n1. The average Bonchev–Trinajstić information content (AvgIpc) is 2.96. The van der Waals surface area contributed by atoms with Gasteiger partial charge < -0.3 is 9.80 Å². The van der Waals surface area contributed by atoms with Gasteiger partial charge in [0.05, 0.1) is 16.9 Å². The first-order valence-corrected chi connectivity index (χ1v) is 10.4. The zero-order valence-electron chi connectivity index (χ0n) is 17.7. The fourth-order valence-corrected chi connectivity index (χ4v) is 3.95. The first-order valence-electron chi connectivity index (χ1n) is 10.4. The number of halogens is 1. The molecular weight excluding hydrogens is 395 g/mol. The molecule has 1 fully saturated rings. The summed E-state index contributed by atoms with van der Waals surface area (Å²) in [5.41, 5.74) is 3.54. The van der Waals surface area contributed by atoms with E-state index in [1.165, 1.54) is 12.1 Å². The molecule has 2 aromatic carbocycles. The van der Waals surface area contributed by atoms with Crippen LogP contribution in [0.2, 0.25) is 0 Å². The molecular formula is C24H25FN4O2. The molecule has 7 heteroatoms. The molecule has 1 aromatic heterocycles. The highest BCUT2D eigenvalue weighted by molar-refractivity contribution is 5.95. The lowest BCUT2D eigenvalue weighted by Gasteiger charge is -2.22. The van der Waals surface area contributed by atoms with Crippen LogP contribution in [0.3, 0.4) is 0 Å². The van der Waals surface area contributed by atoms with E-state index < -0.39 is 5.82 Å². The van der Waals surface area contributed by atoms with Gasteiger partial charge in [-0.05, 0) is 62.7 Å². The first-order chi connectivity index (χ1) is 14.9. The largest absolute Gasteiger partial charge is 0.337 e. The van der Waals surface area contributed by atoms with Gasteiger partial charge in [0.1, 0.15) is 5.82 Å². The van der Waals surface area contributed by atoms with Crippen molar-refractivity contribution in [2.45, 2.75) is 20.3 Å². The van der Waals surface area contributed by atoms with Crippen molar-refractivity contribution in [1.82, 2.24) is 19.6 Å². The van der Waals surface area contributed by atoms with Crippen LogP contribution in [0.5, 0.6) is 0 Å². The Labute approximate surface area is 180 Å². The van der Waals surface area contributed by atoms with E-state index in [4.69, 9.17) is 0 Å². The third-order valence-electron chi connectivity index (χ3n) is 5.54. The molecule has 1 saturated heterocycles. The van der Waals surface area contributed by atoms with Crippen LogP contribution in [0.1, 0.15) is 38.5 Å². The van der Waals surface area contributed by atoms with E-state index in [9.17, 15) is 14.0 Å². The number of rotatable bonds is 3. The summed E-state index contributed by atoms with van der Waals surface area (Å²) >= 11 is 0. The number of hydrogen-bond donors (Lipinski definition) is 0. The zero-order chi connectivity index (χ0) is 22.0.